The lowest BCUT2D eigenvalue weighted by molar-refractivity contribution is -0.123. The Hall–Kier alpha value is -2.70. The van der Waals surface area contributed by atoms with Crippen molar-refractivity contribution in [1.82, 2.24) is 4.90 Å². The molecule has 0 spiro atoms. The first-order valence-electron chi connectivity index (χ1n) is 9.28. The first kappa shape index (κ1) is 22.0. The third-order valence-corrected chi connectivity index (χ3v) is 6.11. The number of amides is 2. The molecule has 6 heteroatoms. The van der Waals surface area contributed by atoms with Gasteiger partial charge in [-0.1, -0.05) is 64.5 Å². The second-order valence-electron chi connectivity index (χ2n) is 6.92. The summed E-state index contributed by atoms with van der Waals surface area (Å²) in [4.78, 5) is 37.5. The largest absolute Gasteiger partial charge is 0.298 e. The van der Waals surface area contributed by atoms with E-state index in [1.807, 2.05) is 67.6 Å². The molecule has 2 aromatic rings. The number of hydrogen-bond acceptors (Lipinski definition) is 4. The van der Waals surface area contributed by atoms with Gasteiger partial charge < -0.3 is 0 Å². The summed E-state index contributed by atoms with van der Waals surface area (Å²) in [5.74, 6) is -0.279. The zero-order chi connectivity index (χ0) is 21.7. The van der Waals surface area contributed by atoms with Gasteiger partial charge >= 0.3 is 0 Å². The van der Waals surface area contributed by atoms with Gasteiger partial charge in [-0.3, -0.25) is 19.3 Å². The van der Waals surface area contributed by atoms with Crippen molar-refractivity contribution in [3.63, 3.8) is 0 Å². The van der Waals surface area contributed by atoms with Crippen molar-refractivity contribution in [2.24, 2.45) is 0 Å². The minimum absolute atomic E-state index is 0.237. The highest BCUT2D eigenvalue weighted by atomic mass is 79.9. The van der Waals surface area contributed by atoms with Gasteiger partial charge in [0.25, 0.3) is 11.1 Å². The Morgan fingerprint density at radius 1 is 0.967 bits per heavy atom. The average Bonchev–Trinajstić information content (AvgIpc) is 2.98. The Kier molecular flexibility index (Phi) is 7.24. The summed E-state index contributed by atoms with van der Waals surface area (Å²) >= 11 is 4.42. The standard InChI is InChI=1S/C24H20BrNO3S/c1-16(11-18-7-9-19(10-8-18)12-17(2)15-27)13-22-23(28)26(24(29)30-22)14-20-5-3-4-6-21(20)25/h3-13,15H,14H2,1-2H3/b16-11+,17-12+,22-13-. The maximum atomic E-state index is 12.7. The van der Waals surface area contributed by atoms with Crippen LogP contribution in [0, 0.1) is 0 Å². The SMILES string of the molecule is C/C(C=O)=C\c1ccc(/C=C(C)/C=C2\SC(=O)N(Cc3ccccc3Br)C2=O)cc1. The average molecular weight is 482 g/mol. The maximum Gasteiger partial charge on any atom is 0.293 e. The van der Waals surface area contributed by atoms with Gasteiger partial charge in [-0.2, -0.15) is 0 Å². The highest BCUT2D eigenvalue weighted by molar-refractivity contribution is 9.10. The Balaban J connectivity index is 1.74. The summed E-state index contributed by atoms with van der Waals surface area (Å²) in [6, 6.07) is 15.3. The molecule has 0 N–H and O–H groups in total. The van der Waals surface area contributed by atoms with E-state index < -0.39 is 0 Å². The fraction of sp³-hybridized carbons (Fsp3) is 0.125. The zero-order valence-corrected chi connectivity index (χ0v) is 19.0. The van der Waals surface area contributed by atoms with Crippen molar-refractivity contribution in [3.05, 3.63) is 91.8 Å². The van der Waals surface area contributed by atoms with Crippen LogP contribution < -0.4 is 0 Å². The van der Waals surface area contributed by atoms with Gasteiger partial charge in [-0.25, -0.2) is 0 Å². The van der Waals surface area contributed by atoms with Crippen molar-refractivity contribution in [2.45, 2.75) is 20.4 Å². The Morgan fingerprint density at radius 2 is 1.57 bits per heavy atom. The predicted molar refractivity (Wildman–Crippen MR) is 126 cm³/mol. The first-order valence-corrected chi connectivity index (χ1v) is 10.9. The number of imide groups is 1. The second kappa shape index (κ2) is 9.87. The predicted octanol–water partition coefficient (Wildman–Crippen LogP) is 6.23. The summed E-state index contributed by atoms with van der Waals surface area (Å²) in [6.45, 7) is 3.89. The number of aldehydes is 1. The topological polar surface area (TPSA) is 54.5 Å². The highest BCUT2D eigenvalue weighted by Crippen LogP contribution is 2.33. The number of carbonyl (C=O) groups excluding carboxylic acids is 3. The van der Waals surface area contributed by atoms with E-state index in [1.165, 1.54) is 4.90 Å². The van der Waals surface area contributed by atoms with Gasteiger partial charge in [0.2, 0.25) is 0 Å². The lowest BCUT2D eigenvalue weighted by atomic mass is 10.1. The molecule has 0 aromatic heterocycles. The summed E-state index contributed by atoms with van der Waals surface area (Å²) in [7, 11) is 0. The normalized spacial score (nSPS) is 16.5. The fourth-order valence-electron chi connectivity index (χ4n) is 2.93. The monoisotopic (exact) mass is 481 g/mol. The molecule has 1 fully saturated rings. The minimum atomic E-state index is -0.279. The lowest BCUT2D eigenvalue weighted by Crippen LogP contribution is -2.27. The third kappa shape index (κ3) is 5.46. The number of halogens is 1. The maximum absolute atomic E-state index is 12.7. The fourth-order valence-corrected chi connectivity index (χ4v) is 4.23. The van der Waals surface area contributed by atoms with Crippen LogP contribution in [-0.2, 0) is 16.1 Å². The zero-order valence-electron chi connectivity index (χ0n) is 16.6. The van der Waals surface area contributed by atoms with E-state index in [1.54, 1.807) is 13.0 Å². The molecule has 0 unspecified atom stereocenters. The molecule has 1 heterocycles. The van der Waals surface area contributed by atoms with Crippen molar-refractivity contribution in [2.75, 3.05) is 0 Å². The number of hydrogen-bond donors (Lipinski definition) is 0. The molecule has 0 aliphatic carbocycles. The quantitative estimate of drug-likeness (QED) is 0.362. The number of carbonyl (C=O) groups is 3. The molecule has 30 heavy (non-hydrogen) atoms. The highest BCUT2D eigenvalue weighted by Gasteiger charge is 2.35. The summed E-state index contributed by atoms with van der Waals surface area (Å²) in [5, 5.41) is -0.267. The number of rotatable bonds is 6. The van der Waals surface area contributed by atoms with E-state index in [0.717, 1.165) is 44.8 Å². The third-order valence-electron chi connectivity index (χ3n) is 4.43. The number of thioether (sulfide) groups is 1. The van der Waals surface area contributed by atoms with Crippen LogP contribution in [0.5, 0.6) is 0 Å². The van der Waals surface area contributed by atoms with E-state index in [-0.39, 0.29) is 17.7 Å². The Morgan fingerprint density at radius 3 is 2.17 bits per heavy atom. The van der Waals surface area contributed by atoms with Crippen LogP contribution in [0.3, 0.4) is 0 Å². The molecule has 0 atom stereocenters. The molecule has 152 valence electrons. The van der Waals surface area contributed by atoms with Crippen molar-refractivity contribution in [1.29, 1.82) is 0 Å². The Bertz CT molecular complexity index is 1080. The first-order chi connectivity index (χ1) is 14.4. The van der Waals surface area contributed by atoms with Crippen LogP contribution in [0.4, 0.5) is 4.79 Å². The van der Waals surface area contributed by atoms with Gasteiger partial charge in [-0.15, -0.1) is 0 Å². The van der Waals surface area contributed by atoms with Gasteiger partial charge in [0.05, 0.1) is 11.4 Å². The molecule has 1 saturated heterocycles. The van der Waals surface area contributed by atoms with Gasteiger partial charge in [0.1, 0.15) is 6.29 Å². The van der Waals surface area contributed by atoms with E-state index in [4.69, 9.17) is 0 Å². The van der Waals surface area contributed by atoms with Gasteiger partial charge in [-0.05, 0) is 71.7 Å². The van der Waals surface area contributed by atoms with E-state index >= 15 is 0 Å². The van der Waals surface area contributed by atoms with E-state index in [2.05, 4.69) is 15.9 Å². The summed E-state index contributed by atoms with van der Waals surface area (Å²) in [6.07, 6.45) is 6.33. The summed E-state index contributed by atoms with van der Waals surface area (Å²) < 4.78 is 0.866. The second-order valence-corrected chi connectivity index (χ2v) is 8.77. The minimum Gasteiger partial charge on any atom is -0.298 e. The van der Waals surface area contributed by atoms with E-state index in [9.17, 15) is 14.4 Å². The molecule has 2 amide bonds. The molecular weight excluding hydrogens is 462 g/mol. The van der Waals surface area contributed by atoms with Crippen LogP contribution in [-0.4, -0.2) is 22.3 Å². The van der Waals surface area contributed by atoms with Gasteiger partial charge in [0.15, 0.2) is 0 Å². The van der Waals surface area contributed by atoms with E-state index in [0.29, 0.717) is 10.5 Å². The molecule has 2 aromatic carbocycles. The Labute approximate surface area is 188 Å². The molecule has 0 saturated carbocycles. The molecule has 0 bridgehead atoms. The number of nitrogens with zero attached hydrogens (tertiary/aromatic N) is 1. The number of benzene rings is 2. The molecule has 0 radical (unpaired) electrons. The van der Waals surface area contributed by atoms with Crippen LogP contribution in [0.1, 0.15) is 30.5 Å². The molecule has 4 nitrogen and oxygen atoms in total. The number of allylic oxidation sites excluding steroid dienone is 3. The van der Waals surface area contributed by atoms with Crippen LogP contribution in [0.2, 0.25) is 0 Å². The molecule has 3 rings (SSSR count). The van der Waals surface area contributed by atoms with Crippen LogP contribution in [0.25, 0.3) is 12.2 Å². The molecule has 1 aliphatic heterocycles. The van der Waals surface area contributed by atoms with Crippen LogP contribution in [0.15, 0.2) is 75.1 Å². The van der Waals surface area contributed by atoms with Gasteiger partial charge in [0, 0.05) is 4.47 Å². The molecule has 1 aliphatic rings. The smallest absolute Gasteiger partial charge is 0.293 e. The van der Waals surface area contributed by atoms with Crippen molar-refractivity contribution in [3.8, 4) is 0 Å². The van der Waals surface area contributed by atoms with Crippen molar-refractivity contribution < 1.29 is 14.4 Å². The van der Waals surface area contributed by atoms with Crippen molar-refractivity contribution >= 4 is 57.3 Å². The molecular formula is C24H20BrNO3S. The summed E-state index contributed by atoms with van der Waals surface area (Å²) in [5.41, 5.74) is 4.33. The van der Waals surface area contributed by atoms with Crippen LogP contribution >= 0.6 is 27.7 Å². The lowest BCUT2D eigenvalue weighted by Gasteiger charge is -2.13.